The van der Waals surface area contributed by atoms with Crippen LogP contribution in [0.3, 0.4) is 0 Å². The average molecular weight is 271 g/mol. The van der Waals surface area contributed by atoms with Gasteiger partial charge in [-0.3, -0.25) is 0 Å². The number of rotatable bonds is 2. The van der Waals surface area contributed by atoms with Crippen LogP contribution in [-0.4, -0.2) is 11.7 Å². The zero-order chi connectivity index (χ0) is 10.8. The molecule has 2 nitrogen and oxygen atoms in total. The maximum absolute atomic E-state index is 9.11. The number of aliphatic hydroxyl groups excluding tert-OH is 1. The lowest BCUT2D eigenvalue weighted by Gasteiger charge is -2.17. The van der Waals surface area contributed by atoms with Gasteiger partial charge in [-0.2, -0.15) is 0 Å². The van der Waals surface area contributed by atoms with Gasteiger partial charge in [0.05, 0.1) is 12.7 Å². The largest absolute Gasteiger partial charge is 0.392 e. The van der Waals surface area contributed by atoms with Gasteiger partial charge in [0.25, 0.3) is 0 Å². The third kappa shape index (κ3) is 2.25. The van der Waals surface area contributed by atoms with E-state index in [0.29, 0.717) is 5.92 Å². The second-order valence-electron chi connectivity index (χ2n) is 4.07. The van der Waals surface area contributed by atoms with Crippen LogP contribution in [-0.2, 0) is 11.3 Å². The molecular weight excluding hydrogens is 256 g/mol. The third-order valence-electron chi connectivity index (χ3n) is 2.94. The summed E-state index contributed by atoms with van der Waals surface area (Å²) >= 11 is 3.54. The average Bonchev–Trinajstić information content (AvgIpc) is 2.65. The molecule has 0 aliphatic carbocycles. The summed E-state index contributed by atoms with van der Waals surface area (Å²) in [6, 6.07) is 5.93. The fourth-order valence-corrected chi connectivity index (χ4v) is 2.47. The van der Waals surface area contributed by atoms with E-state index in [1.807, 2.05) is 18.2 Å². The normalized spacial score (nSPS) is 25.8. The first-order chi connectivity index (χ1) is 7.22. The second-order valence-corrected chi connectivity index (χ2v) is 4.93. The van der Waals surface area contributed by atoms with Crippen molar-refractivity contribution in [2.75, 3.05) is 6.61 Å². The van der Waals surface area contributed by atoms with E-state index in [9.17, 15) is 0 Å². The standard InChI is InChI=1S/C12H15BrO2/c1-8-4-5-15-12(8)10-6-9(7-14)2-3-11(10)13/h2-3,6,8,12,14H,4-5,7H2,1H3. The van der Waals surface area contributed by atoms with Crippen LogP contribution in [0, 0.1) is 5.92 Å². The highest BCUT2D eigenvalue weighted by molar-refractivity contribution is 9.10. The van der Waals surface area contributed by atoms with Gasteiger partial charge in [-0.05, 0) is 35.6 Å². The summed E-state index contributed by atoms with van der Waals surface area (Å²) in [4.78, 5) is 0. The van der Waals surface area contributed by atoms with Crippen LogP contribution in [0.25, 0.3) is 0 Å². The molecule has 1 heterocycles. The Morgan fingerprint density at radius 1 is 1.53 bits per heavy atom. The first kappa shape index (κ1) is 11.1. The van der Waals surface area contributed by atoms with Gasteiger partial charge >= 0.3 is 0 Å². The Bertz CT molecular complexity index is 351. The van der Waals surface area contributed by atoms with Gasteiger partial charge in [0.1, 0.15) is 0 Å². The van der Waals surface area contributed by atoms with Gasteiger partial charge in [0.15, 0.2) is 0 Å². The lowest BCUT2D eigenvalue weighted by Crippen LogP contribution is -2.05. The van der Waals surface area contributed by atoms with Crippen molar-refractivity contribution in [1.82, 2.24) is 0 Å². The van der Waals surface area contributed by atoms with Crippen LogP contribution in [0.2, 0.25) is 0 Å². The van der Waals surface area contributed by atoms with Crippen molar-refractivity contribution >= 4 is 15.9 Å². The molecule has 1 N–H and O–H groups in total. The van der Waals surface area contributed by atoms with E-state index in [4.69, 9.17) is 9.84 Å². The van der Waals surface area contributed by atoms with Crippen molar-refractivity contribution in [3.63, 3.8) is 0 Å². The fraction of sp³-hybridized carbons (Fsp3) is 0.500. The summed E-state index contributed by atoms with van der Waals surface area (Å²) in [6.07, 6.45) is 1.28. The van der Waals surface area contributed by atoms with Gasteiger partial charge in [0, 0.05) is 11.1 Å². The first-order valence-corrected chi connectivity index (χ1v) is 6.02. The van der Waals surface area contributed by atoms with E-state index in [0.717, 1.165) is 28.6 Å². The minimum absolute atomic E-state index is 0.0847. The van der Waals surface area contributed by atoms with Gasteiger partial charge in [-0.25, -0.2) is 0 Å². The fourth-order valence-electron chi connectivity index (χ4n) is 2.00. The van der Waals surface area contributed by atoms with Gasteiger partial charge < -0.3 is 9.84 Å². The predicted molar refractivity (Wildman–Crippen MR) is 62.5 cm³/mol. The molecule has 0 aromatic heterocycles. The minimum Gasteiger partial charge on any atom is -0.392 e. The molecule has 0 saturated carbocycles. The van der Waals surface area contributed by atoms with Crippen LogP contribution in [0.1, 0.15) is 30.6 Å². The Morgan fingerprint density at radius 2 is 2.33 bits per heavy atom. The zero-order valence-corrected chi connectivity index (χ0v) is 10.3. The van der Waals surface area contributed by atoms with E-state index in [-0.39, 0.29) is 12.7 Å². The molecule has 0 radical (unpaired) electrons. The Hall–Kier alpha value is -0.380. The Labute approximate surface area is 98.4 Å². The molecule has 1 aromatic rings. The highest BCUT2D eigenvalue weighted by Crippen LogP contribution is 2.37. The van der Waals surface area contributed by atoms with Gasteiger partial charge in [-0.1, -0.05) is 28.9 Å². The van der Waals surface area contributed by atoms with Crippen LogP contribution in [0.4, 0.5) is 0 Å². The number of benzene rings is 1. The molecular formula is C12H15BrO2. The number of aliphatic hydroxyl groups is 1. The summed E-state index contributed by atoms with van der Waals surface area (Å²) < 4.78 is 6.79. The molecule has 1 aliphatic rings. The highest BCUT2D eigenvalue weighted by atomic mass is 79.9. The van der Waals surface area contributed by atoms with E-state index in [1.165, 1.54) is 0 Å². The van der Waals surface area contributed by atoms with Gasteiger partial charge in [-0.15, -0.1) is 0 Å². The molecule has 1 aliphatic heterocycles. The van der Waals surface area contributed by atoms with Gasteiger partial charge in [0.2, 0.25) is 0 Å². The number of halogens is 1. The molecule has 1 aromatic carbocycles. The quantitative estimate of drug-likeness (QED) is 0.895. The van der Waals surface area contributed by atoms with E-state index >= 15 is 0 Å². The van der Waals surface area contributed by atoms with E-state index in [1.54, 1.807) is 0 Å². The van der Waals surface area contributed by atoms with E-state index < -0.39 is 0 Å². The maximum Gasteiger partial charge on any atom is 0.0862 e. The molecule has 2 unspecified atom stereocenters. The van der Waals surface area contributed by atoms with Crippen molar-refractivity contribution < 1.29 is 9.84 Å². The number of ether oxygens (including phenoxy) is 1. The van der Waals surface area contributed by atoms with Crippen LogP contribution in [0.5, 0.6) is 0 Å². The Morgan fingerprint density at radius 3 is 2.93 bits per heavy atom. The third-order valence-corrected chi connectivity index (χ3v) is 3.66. The molecule has 15 heavy (non-hydrogen) atoms. The number of hydrogen-bond donors (Lipinski definition) is 1. The monoisotopic (exact) mass is 270 g/mol. The maximum atomic E-state index is 9.11. The summed E-state index contributed by atoms with van der Waals surface area (Å²) in [5, 5.41) is 9.11. The smallest absolute Gasteiger partial charge is 0.0862 e. The second kappa shape index (κ2) is 4.64. The summed E-state index contributed by atoms with van der Waals surface area (Å²) in [5.74, 6) is 0.551. The molecule has 2 atom stereocenters. The Balaban J connectivity index is 2.33. The van der Waals surface area contributed by atoms with Crippen LogP contribution in [0.15, 0.2) is 22.7 Å². The van der Waals surface area contributed by atoms with E-state index in [2.05, 4.69) is 22.9 Å². The molecule has 2 rings (SSSR count). The molecule has 3 heteroatoms. The Kier molecular flexibility index (Phi) is 3.44. The number of hydrogen-bond acceptors (Lipinski definition) is 2. The topological polar surface area (TPSA) is 29.5 Å². The SMILES string of the molecule is CC1CCOC1c1cc(CO)ccc1Br. The molecule has 1 saturated heterocycles. The lowest BCUT2D eigenvalue weighted by atomic mass is 9.96. The summed E-state index contributed by atoms with van der Waals surface area (Å²) in [7, 11) is 0. The minimum atomic E-state index is 0.0847. The molecule has 0 spiro atoms. The van der Waals surface area contributed by atoms with Crippen molar-refractivity contribution in [2.45, 2.75) is 26.1 Å². The zero-order valence-electron chi connectivity index (χ0n) is 8.74. The van der Waals surface area contributed by atoms with Crippen molar-refractivity contribution in [2.24, 2.45) is 5.92 Å². The van der Waals surface area contributed by atoms with Crippen molar-refractivity contribution in [3.05, 3.63) is 33.8 Å². The summed E-state index contributed by atoms with van der Waals surface area (Å²) in [6.45, 7) is 3.12. The predicted octanol–water partition coefficient (Wildman–Crippen LogP) is 3.04. The molecule has 0 amide bonds. The van der Waals surface area contributed by atoms with Crippen LogP contribution >= 0.6 is 15.9 Å². The van der Waals surface area contributed by atoms with Crippen LogP contribution < -0.4 is 0 Å². The highest BCUT2D eigenvalue weighted by Gasteiger charge is 2.27. The molecule has 0 bridgehead atoms. The van der Waals surface area contributed by atoms with Crippen molar-refractivity contribution in [1.29, 1.82) is 0 Å². The molecule has 82 valence electrons. The summed E-state index contributed by atoms with van der Waals surface area (Å²) in [5.41, 5.74) is 2.10. The first-order valence-electron chi connectivity index (χ1n) is 5.23. The van der Waals surface area contributed by atoms with Crippen molar-refractivity contribution in [3.8, 4) is 0 Å². The molecule has 1 fully saturated rings. The lowest BCUT2D eigenvalue weighted by molar-refractivity contribution is 0.0938.